The van der Waals surface area contributed by atoms with Crippen LogP contribution in [0.4, 0.5) is 11.5 Å². The highest BCUT2D eigenvalue weighted by Gasteiger charge is 2.15. The Kier molecular flexibility index (Phi) is 4.26. The van der Waals surface area contributed by atoms with E-state index in [4.69, 9.17) is 4.74 Å². The zero-order valence-electron chi connectivity index (χ0n) is 12.9. The number of hydrogen-bond acceptors (Lipinski definition) is 7. The molecule has 0 atom stereocenters. The monoisotopic (exact) mass is 389 g/mol. The van der Waals surface area contributed by atoms with Gasteiger partial charge in [0.25, 0.3) is 0 Å². The van der Waals surface area contributed by atoms with E-state index in [1.54, 1.807) is 0 Å². The highest BCUT2D eigenvalue weighted by Crippen LogP contribution is 2.26. The summed E-state index contributed by atoms with van der Waals surface area (Å²) in [7, 11) is 0. The lowest BCUT2D eigenvalue weighted by Gasteiger charge is -2.31. The molecule has 24 heavy (non-hydrogen) atoms. The molecule has 3 heterocycles. The summed E-state index contributed by atoms with van der Waals surface area (Å²) >= 11 is 3.57. The lowest BCUT2D eigenvalue weighted by atomic mass is 10.1. The van der Waals surface area contributed by atoms with Crippen molar-refractivity contribution < 1.29 is 4.74 Å². The number of nitrogens with one attached hydrogen (secondary N) is 1. The average Bonchev–Trinajstić information content (AvgIpc) is 3.09. The third-order valence-electron chi connectivity index (χ3n) is 3.93. The summed E-state index contributed by atoms with van der Waals surface area (Å²) in [6, 6.07) is 10.0. The van der Waals surface area contributed by atoms with Crippen LogP contribution < -0.4 is 10.2 Å². The number of morpholine rings is 1. The Bertz CT molecular complexity index is 847. The minimum atomic E-state index is 0.623. The minimum absolute atomic E-state index is 0.623. The standard InChI is InChI=1S/C15H16BrN7O/c16-12-2-1-11(13(9-12)22-5-7-24-8-6-22)10-17-14-3-4-15-18-20-21-23(15)19-14/h1-4,9H,5-8,10H2,(H,17,19). The van der Waals surface area contributed by atoms with Gasteiger partial charge in [-0.25, -0.2) is 0 Å². The van der Waals surface area contributed by atoms with Crippen LogP contribution in [0.2, 0.25) is 0 Å². The Morgan fingerprint density at radius 2 is 2.04 bits per heavy atom. The minimum Gasteiger partial charge on any atom is -0.378 e. The molecule has 124 valence electrons. The van der Waals surface area contributed by atoms with Gasteiger partial charge in [0.2, 0.25) is 0 Å². The van der Waals surface area contributed by atoms with Crippen LogP contribution in [-0.4, -0.2) is 51.6 Å². The van der Waals surface area contributed by atoms with Crippen molar-refractivity contribution in [2.75, 3.05) is 36.5 Å². The summed E-state index contributed by atoms with van der Waals surface area (Å²) in [5.74, 6) is 0.727. The molecular formula is C15H16BrN7O. The summed E-state index contributed by atoms with van der Waals surface area (Å²) in [6.07, 6.45) is 0. The molecule has 1 aromatic carbocycles. The molecule has 1 aliphatic rings. The van der Waals surface area contributed by atoms with E-state index in [9.17, 15) is 0 Å². The maximum Gasteiger partial charge on any atom is 0.200 e. The number of nitrogens with zero attached hydrogens (tertiary/aromatic N) is 6. The Hall–Kier alpha value is -2.26. The van der Waals surface area contributed by atoms with Crippen LogP contribution in [0.3, 0.4) is 0 Å². The molecule has 0 bridgehead atoms. The zero-order valence-corrected chi connectivity index (χ0v) is 14.5. The van der Waals surface area contributed by atoms with Gasteiger partial charge in [-0.2, -0.15) is 0 Å². The van der Waals surface area contributed by atoms with E-state index in [1.807, 2.05) is 12.1 Å². The van der Waals surface area contributed by atoms with Gasteiger partial charge in [0.05, 0.1) is 13.2 Å². The molecule has 4 rings (SSSR count). The molecule has 2 aromatic heterocycles. The number of tetrazole rings is 1. The van der Waals surface area contributed by atoms with Gasteiger partial charge in [-0.15, -0.1) is 14.8 Å². The van der Waals surface area contributed by atoms with Crippen molar-refractivity contribution in [2.45, 2.75) is 6.54 Å². The SMILES string of the molecule is Brc1ccc(CNc2ccc3nnnn3n2)c(N2CCOCC2)c1. The van der Waals surface area contributed by atoms with Gasteiger partial charge in [-0.05, 0) is 40.3 Å². The molecule has 3 aromatic rings. The molecule has 8 nitrogen and oxygen atoms in total. The van der Waals surface area contributed by atoms with Gasteiger partial charge in [0.1, 0.15) is 5.82 Å². The lowest BCUT2D eigenvalue weighted by molar-refractivity contribution is 0.122. The third-order valence-corrected chi connectivity index (χ3v) is 4.42. The van der Waals surface area contributed by atoms with Gasteiger partial charge in [-0.1, -0.05) is 22.0 Å². The van der Waals surface area contributed by atoms with Crippen LogP contribution in [-0.2, 0) is 11.3 Å². The first-order chi connectivity index (χ1) is 11.8. The van der Waals surface area contributed by atoms with E-state index < -0.39 is 0 Å². The maximum absolute atomic E-state index is 5.45. The lowest BCUT2D eigenvalue weighted by Crippen LogP contribution is -2.36. The molecular weight excluding hydrogens is 374 g/mol. The van der Waals surface area contributed by atoms with E-state index in [1.165, 1.54) is 15.9 Å². The van der Waals surface area contributed by atoms with Crippen LogP contribution in [0.5, 0.6) is 0 Å². The van der Waals surface area contributed by atoms with Crippen molar-refractivity contribution in [2.24, 2.45) is 0 Å². The summed E-state index contributed by atoms with van der Waals surface area (Å²) < 4.78 is 7.93. The van der Waals surface area contributed by atoms with Crippen molar-refractivity contribution in [3.05, 3.63) is 40.4 Å². The fourth-order valence-corrected chi connectivity index (χ4v) is 3.06. The smallest absolute Gasteiger partial charge is 0.200 e. The van der Waals surface area contributed by atoms with Gasteiger partial charge in [-0.3, -0.25) is 0 Å². The second kappa shape index (κ2) is 6.70. The second-order valence-corrected chi connectivity index (χ2v) is 6.39. The summed E-state index contributed by atoms with van der Waals surface area (Å²) in [4.78, 5) is 2.35. The van der Waals surface area contributed by atoms with Crippen LogP contribution in [0.15, 0.2) is 34.8 Å². The predicted molar refractivity (Wildman–Crippen MR) is 93.1 cm³/mol. The molecule has 1 aliphatic heterocycles. The molecule has 0 spiro atoms. The van der Waals surface area contributed by atoms with Crippen LogP contribution in [0.25, 0.3) is 5.65 Å². The molecule has 1 N–H and O–H groups in total. The largest absolute Gasteiger partial charge is 0.378 e. The number of halogens is 1. The van der Waals surface area contributed by atoms with Crippen molar-refractivity contribution in [1.29, 1.82) is 0 Å². The number of anilines is 2. The fraction of sp³-hybridized carbons (Fsp3) is 0.333. The van der Waals surface area contributed by atoms with E-state index in [2.05, 4.69) is 65.0 Å². The molecule has 9 heteroatoms. The molecule has 0 radical (unpaired) electrons. The molecule has 1 saturated heterocycles. The number of hydrogen-bond donors (Lipinski definition) is 1. The van der Waals surface area contributed by atoms with Crippen molar-refractivity contribution in [1.82, 2.24) is 25.3 Å². The van der Waals surface area contributed by atoms with Crippen LogP contribution >= 0.6 is 15.9 Å². The number of rotatable bonds is 4. The first-order valence-corrected chi connectivity index (χ1v) is 8.49. The topological polar surface area (TPSA) is 80.5 Å². The number of fused-ring (bicyclic) bond motifs is 1. The Labute approximate surface area is 146 Å². The Balaban J connectivity index is 1.54. The highest BCUT2D eigenvalue weighted by atomic mass is 79.9. The van der Waals surface area contributed by atoms with Gasteiger partial charge < -0.3 is 15.0 Å². The van der Waals surface area contributed by atoms with Crippen LogP contribution in [0, 0.1) is 0 Å². The number of ether oxygens (including phenoxy) is 1. The summed E-state index contributed by atoms with van der Waals surface area (Å²) in [5.41, 5.74) is 3.04. The number of aromatic nitrogens is 5. The van der Waals surface area contributed by atoms with Crippen molar-refractivity contribution >= 4 is 33.1 Å². The zero-order chi connectivity index (χ0) is 16.4. The van der Waals surface area contributed by atoms with Gasteiger partial charge in [0, 0.05) is 29.8 Å². The highest BCUT2D eigenvalue weighted by molar-refractivity contribution is 9.10. The molecule has 0 amide bonds. The van der Waals surface area contributed by atoms with Crippen molar-refractivity contribution in [3.8, 4) is 0 Å². The normalized spacial score (nSPS) is 15.0. The molecule has 1 fully saturated rings. The van der Waals surface area contributed by atoms with E-state index >= 15 is 0 Å². The van der Waals surface area contributed by atoms with E-state index in [-0.39, 0.29) is 0 Å². The number of benzene rings is 1. The Morgan fingerprint density at radius 1 is 1.17 bits per heavy atom. The molecule has 0 unspecified atom stereocenters. The molecule has 0 aliphatic carbocycles. The molecule has 0 saturated carbocycles. The van der Waals surface area contributed by atoms with E-state index in [0.717, 1.165) is 36.6 Å². The second-order valence-electron chi connectivity index (χ2n) is 5.47. The van der Waals surface area contributed by atoms with Gasteiger partial charge >= 0.3 is 0 Å². The van der Waals surface area contributed by atoms with Crippen molar-refractivity contribution in [3.63, 3.8) is 0 Å². The predicted octanol–water partition coefficient (Wildman–Crippen LogP) is 1.73. The first-order valence-electron chi connectivity index (χ1n) is 7.70. The average molecular weight is 390 g/mol. The fourth-order valence-electron chi connectivity index (χ4n) is 2.71. The van der Waals surface area contributed by atoms with Crippen LogP contribution in [0.1, 0.15) is 5.56 Å². The third kappa shape index (κ3) is 3.17. The summed E-state index contributed by atoms with van der Waals surface area (Å²) in [5, 5.41) is 18.9. The van der Waals surface area contributed by atoms with Gasteiger partial charge in [0.15, 0.2) is 5.65 Å². The maximum atomic E-state index is 5.45. The quantitative estimate of drug-likeness (QED) is 0.727. The first kappa shape index (κ1) is 15.3. The Morgan fingerprint density at radius 3 is 2.92 bits per heavy atom. The summed E-state index contributed by atoms with van der Waals surface area (Å²) in [6.45, 7) is 3.99. The van der Waals surface area contributed by atoms with E-state index in [0.29, 0.717) is 12.2 Å².